The number of carbonyl (C=O) groups is 1. The second kappa shape index (κ2) is 8.55. The molecule has 3 aromatic rings. The van der Waals surface area contributed by atoms with Gasteiger partial charge in [-0.25, -0.2) is 4.98 Å². The Balaban J connectivity index is 1.33. The van der Waals surface area contributed by atoms with Crippen LogP contribution in [-0.4, -0.2) is 27.8 Å². The van der Waals surface area contributed by atoms with Crippen molar-refractivity contribution in [2.75, 3.05) is 12.3 Å². The van der Waals surface area contributed by atoms with Crippen LogP contribution >= 0.6 is 11.8 Å². The highest BCUT2D eigenvalue weighted by atomic mass is 32.2. The number of amides is 1. The third-order valence-corrected chi connectivity index (χ3v) is 4.77. The smallest absolute Gasteiger partial charge is 0.230 e. The molecule has 0 atom stereocenters. The van der Waals surface area contributed by atoms with Crippen molar-refractivity contribution < 1.29 is 4.79 Å². The first-order valence-corrected chi connectivity index (χ1v) is 9.26. The van der Waals surface area contributed by atoms with E-state index in [1.54, 1.807) is 11.8 Å². The molecule has 0 aliphatic rings. The minimum absolute atomic E-state index is 0.103. The molecule has 1 amide bonds. The molecule has 2 aromatic heterocycles. The number of nitrogens with zero attached hydrogens (tertiary/aromatic N) is 2. The summed E-state index contributed by atoms with van der Waals surface area (Å²) in [4.78, 5) is 16.3. The lowest BCUT2D eigenvalue weighted by Crippen LogP contribution is -2.26. The lowest BCUT2D eigenvalue weighted by atomic mass is 10.2. The molecule has 0 radical (unpaired) electrons. The zero-order valence-electron chi connectivity index (χ0n) is 13.5. The number of hydrogen-bond acceptors (Lipinski definition) is 3. The van der Waals surface area contributed by atoms with Crippen LogP contribution in [0.25, 0.3) is 11.0 Å². The van der Waals surface area contributed by atoms with Crippen LogP contribution in [0.1, 0.15) is 12.0 Å². The minimum Gasteiger partial charge on any atom is -0.355 e. The van der Waals surface area contributed by atoms with Crippen LogP contribution in [0.4, 0.5) is 0 Å². The first-order valence-electron chi connectivity index (χ1n) is 8.11. The maximum absolute atomic E-state index is 11.9. The number of aromatic nitrogens is 2. The van der Waals surface area contributed by atoms with E-state index in [-0.39, 0.29) is 5.91 Å². The van der Waals surface area contributed by atoms with Crippen molar-refractivity contribution >= 4 is 28.7 Å². The van der Waals surface area contributed by atoms with E-state index in [1.807, 2.05) is 30.5 Å². The van der Waals surface area contributed by atoms with Crippen molar-refractivity contribution in [2.45, 2.75) is 18.7 Å². The van der Waals surface area contributed by atoms with Gasteiger partial charge in [0.05, 0.1) is 5.75 Å². The van der Waals surface area contributed by atoms with E-state index >= 15 is 0 Å². The van der Waals surface area contributed by atoms with Gasteiger partial charge >= 0.3 is 0 Å². The summed E-state index contributed by atoms with van der Waals surface area (Å²) in [6.45, 7) is 1.55. The zero-order valence-corrected chi connectivity index (χ0v) is 14.3. The van der Waals surface area contributed by atoms with Crippen molar-refractivity contribution in [3.8, 4) is 0 Å². The Morgan fingerprint density at radius 3 is 2.88 bits per heavy atom. The zero-order chi connectivity index (χ0) is 16.6. The van der Waals surface area contributed by atoms with E-state index in [0.717, 1.165) is 29.8 Å². The molecule has 0 saturated heterocycles. The van der Waals surface area contributed by atoms with Gasteiger partial charge in [0.1, 0.15) is 5.65 Å². The Hall–Kier alpha value is -2.27. The topological polar surface area (TPSA) is 46.9 Å². The van der Waals surface area contributed by atoms with Crippen molar-refractivity contribution in [3.63, 3.8) is 0 Å². The average Bonchev–Trinajstić information content (AvgIpc) is 3.03. The molecular formula is C19H21N3OS. The number of hydrogen-bond donors (Lipinski definition) is 1. The predicted molar refractivity (Wildman–Crippen MR) is 100.0 cm³/mol. The molecule has 0 saturated carbocycles. The fourth-order valence-electron chi connectivity index (χ4n) is 2.56. The summed E-state index contributed by atoms with van der Waals surface area (Å²) < 4.78 is 2.13. The molecule has 0 aliphatic carbocycles. The van der Waals surface area contributed by atoms with E-state index in [2.05, 4.69) is 45.3 Å². The Morgan fingerprint density at radius 1 is 1.12 bits per heavy atom. The fourth-order valence-corrected chi connectivity index (χ4v) is 3.38. The number of nitrogens with one attached hydrogen (secondary N) is 1. The molecule has 24 heavy (non-hydrogen) atoms. The van der Waals surface area contributed by atoms with Gasteiger partial charge in [-0.15, -0.1) is 11.8 Å². The van der Waals surface area contributed by atoms with Gasteiger partial charge in [-0.2, -0.15) is 0 Å². The summed E-state index contributed by atoms with van der Waals surface area (Å²) in [5.74, 6) is 1.48. The molecule has 0 aliphatic heterocycles. The average molecular weight is 339 g/mol. The third-order valence-electron chi connectivity index (χ3n) is 3.77. The van der Waals surface area contributed by atoms with Crippen LogP contribution in [0, 0.1) is 0 Å². The molecule has 0 bridgehead atoms. The number of pyridine rings is 1. The van der Waals surface area contributed by atoms with Crippen LogP contribution in [-0.2, 0) is 17.1 Å². The Morgan fingerprint density at radius 2 is 2.00 bits per heavy atom. The minimum atomic E-state index is 0.103. The molecule has 3 rings (SSSR count). The number of fused-ring (bicyclic) bond motifs is 1. The second-order valence-corrected chi connectivity index (χ2v) is 6.59. The number of rotatable bonds is 8. The van der Waals surface area contributed by atoms with Gasteiger partial charge in [0.25, 0.3) is 0 Å². The molecule has 0 fully saturated rings. The second-order valence-electron chi connectivity index (χ2n) is 5.61. The van der Waals surface area contributed by atoms with E-state index in [4.69, 9.17) is 0 Å². The highest BCUT2D eigenvalue weighted by Crippen LogP contribution is 2.13. The van der Waals surface area contributed by atoms with Gasteiger partial charge in [0, 0.05) is 36.6 Å². The van der Waals surface area contributed by atoms with E-state index in [9.17, 15) is 4.79 Å². The van der Waals surface area contributed by atoms with E-state index in [1.165, 1.54) is 5.56 Å². The van der Waals surface area contributed by atoms with Crippen molar-refractivity contribution in [1.82, 2.24) is 14.9 Å². The summed E-state index contributed by atoms with van der Waals surface area (Å²) in [7, 11) is 0. The summed E-state index contributed by atoms with van der Waals surface area (Å²) in [6.07, 6.45) is 4.76. The van der Waals surface area contributed by atoms with Gasteiger partial charge in [-0.1, -0.05) is 30.3 Å². The molecule has 5 heteroatoms. The molecule has 0 spiro atoms. The molecule has 4 nitrogen and oxygen atoms in total. The summed E-state index contributed by atoms with van der Waals surface area (Å²) in [6, 6.07) is 16.3. The molecule has 0 unspecified atom stereocenters. The number of benzene rings is 1. The number of thioether (sulfide) groups is 1. The molecule has 1 N–H and O–H groups in total. The van der Waals surface area contributed by atoms with Gasteiger partial charge < -0.3 is 9.88 Å². The maximum Gasteiger partial charge on any atom is 0.230 e. The fraction of sp³-hybridized carbons (Fsp3) is 0.263. The Kier molecular flexibility index (Phi) is 5.90. The monoisotopic (exact) mass is 339 g/mol. The normalized spacial score (nSPS) is 10.8. The molecule has 2 heterocycles. The number of aryl methyl sites for hydroxylation is 1. The van der Waals surface area contributed by atoms with Crippen molar-refractivity contribution in [2.24, 2.45) is 0 Å². The van der Waals surface area contributed by atoms with Crippen LogP contribution in [0.2, 0.25) is 0 Å². The first kappa shape index (κ1) is 16.6. The Labute approximate surface area is 146 Å². The van der Waals surface area contributed by atoms with Gasteiger partial charge in [-0.05, 0) is 30.2 Å². The van der Waals surface area contributed by atoms with Crippen molar-refractivity contribution in [1.29, 1.82) is 0 Å². The standard InChI is InChI=1S/C19H21N3OS/c23-18(15-24-14-16-6-2-1-3-7-16)20-11-5-12-22-13-9-17-8-4-10-21-19(17)22/h1-4,6-10,13H,5,11-12,14-15H2,(H,20,23). The van der Waals surface area contributed by atoms with Crippen LogP contribution in [0.3, 0.4) is 0 Å². The van der Waals surface area contributed by atoms with Crippen LogP contribution < -0.4 is 5.32 Å². The van der Waals surface area contributed by atoms with E-state index < -0.39 is 0 Å². The summed E-state index contributed by atoms with van der Waals surface area (Å²) in [5.41, 5.74) is 2.25. The summed E-state index contributed by atoms with van der Waals surface area (Å²) in [5, 5.41) is 4.14. The van der Waals surface area contributed by atoms with Crippen molar-refractivity contribution in [3.05, 3.63) is 66.5 Å². The molecule has 124 valence electrons. The number of carbonyl (C=O) groups excluding carboxylic acids is 1. The highest BCUT2D eigenvalue weighted by molar-refractivity contribution is 7.99. The summed E-state index contributed by atoms with van der Waals surface area (Å²) >= 11 is 1.64. The van der Waals surface area contributed by atoms with Crippen LogP contribution in [0.5, 0.6) is 0 Å². The SMILES string of the molecule is O=C(CSCc1ccccc1)NCCCn1ccc2cccnc21. The third kappa shape index (κ3) is 4.61. The largest absolute Gasteiger partial charge is 0.355 e. The Bertz CT molecular complexity index is 785. The van der Waals surface area contributed by atoms with Gasteiger partial charge in [0.15, 0.2) is 0 Å². The van der Waals surface area contributed by atoms with Gasteiger partial charge in [0.2, 0.25) is 5.91 Å². The molecular weight excluding hydrogens is 318 g/mol. The lowest BCUT2D eigenvalue weighted by molar-refractivity contribution is -0.118. The van der Waals surface area contributed by atoms with Crippen LogP contribution in [0.15, 0.2) is 60.9 Å². The first-order chi connectivity index (χ1) is 11.8. The lowest BCUT2D eigenvalue weighted by Gasteiger charge is -2.07. The van der Waals surface area contributed by atoms with Gasteiger partial charge in [-0.3, -0.25) is 4.79 Å². The molecule has 1 aromatic carbocycles. The highest BCUT2D eigenvalue weighted by Gasteiger charge is 2.03. The maximum atomic E-state index is 11.9. The quantitative estimate of drug-likeness (QED) is 0.639. The van der Waals surface area contributed by atoms with E-state index in [0.29, 0.717) is 12.3 Å². The predicted octanol–water partition coefficient (Wildman–Crippen LogP) is 3.48.